The van der Waals surface area contributed by atoms with Crippen molar-refractivity contribution < 1.29 is 14.3 Å². The number of unbranched alkanes of at least 4 members (excludes halogenated alkanes) is 11. The molecule has 1 amide bonds. The zero-order chi connectivity index (χ0) is 25.7. The van der Waals surface area contributed by atoms with Gasteiger partial charge in [-0.25, -0.2) is 5.43 Å². The molecular formula is C31H46N2O3. The van der Waals surface area contributed by atoms with E-state index in [-0.39, 0.29) is 5.91 Å². The van der Waals surface area contributed by atoms with Gasteiger partial charge in [-0.1, -0.05) is 84.5 Å². The summed E-state index contributed by atoms with van der Waals surface area (Å²) in [5.41, 5.74) is 4.03. The third kappa shape index (κ3) is 13.3. The van der Waals surface area contributed by atoms with Crippen molar-refractivity contribution in [2.45, 2.75) is 97.3 Å². The summed E-state index contributed by atoms with van der Waals surface area (Å²) in [4.78, 5) is 12.4. The monoisotopic (exact) mass is 494 g/mol. The summed E-state index contributed by atoms with van der Waals surface area (Å²) in [6, 6.07) is 14.9. The standard InChI is InChI=1S/C31H46N2O3/c1-3-5-7-9-10-11-13-15-25-36-30-22-18-28(19-23-30)31(34)33-32-26-27-16-20-29(21-17-27)35-24-14-12-8-6-4-2/h16-23,26H,3-15,24-25H2,1-2H3,(H,33,34)/b32-26+. The van der Waals surface area contributed by atoms with Gasteiger partial charge >= 0.3 is 0 Å². The Morgan fingerprint density at radius 2 is 1.11 bits per heavy atom. The molecule has 0 saturated carbocycles. The molecule has 0 aromatic heterocycles. The molecule has 5 heteroatoms. The van der Waals surface area contributed by atoms with Crippen LogP contribution in [-0.4, -0.2) is 25.3 Å². The van der Waals surface area contributed by atoms with Gasteiger partial charge in [0.15, 0.2) is 0 Å². The predicted molar refractivity (Wildman–Crippen MR) is 150 cm³/mol. The number of nitrogens with zero attached hydrogens (tertiary/aromatic N) is 1. The van der Waals surface area contributed by atoms with Gasteiger partial charge in [0.05, 0.1) is 19.4 Å². The Labute approximate surface area is 218 Å². The fourth-order valence-electron chi connectivity index (χ4n) is 3.90. The number of benzene rings is 2. The third-order valence-corrected chi connectivity index (χ3v) is 6.16. The number of hydrogen-bond acceptors (Lipinski definition) is 4. The minimum Gasteiger partial charge on any atom is -0.494 e. The molecule has 1 N–H and O–H groups in total. The molecule has 2 aromatic rings. The van der Waals surface area contributed by atoms with Gasteiger partial charge in [0.2, 0.25) is 0 Å². The molecule has 2 rings (SSSR count). The van der Waals surface area contributed by atoms with Crippen LogP contribution in [0.4, 0.5) is 0 Å². The second-order valence-corrected chi connectivity index (χ2v) is 9.38. The van der Waals surface area contributed by atoms with Crippen LogP contribution in [0.25, 0.3) is 0 Å². The Morgan fingerprint density at radius 1 is 0.667 bits per heavy atom. The summed E-state index contributed by atoms with van der Waals surface area (Å²) in [6.07, 6.45) is 18.0. The van der Waals surface area contributed by atoms with Gasteiger partial charge in [0, 0.05) is 5.56 Å². The van der Waals surface area contributed by atoms with Gasteiger partial charge in [0.25, 0.3) is 5.91 Å². The second kappa shape index (κ2) is 19.4. The van der Waals surface area contributed by atoms with E-state index in [2.05, 4.69) is 24.4 Å². The number of carbonyl (C=O) groups excluding carboxylic acids is 1. The summed E-state index contributed by atoms with van der Waals surface area (Å²) in [5.74, 6) is 1.40. The average Bonchev–Trinajstić information content (AvgIpc) is 2.91. The quantitative estimate of drug-likeness (QED) is 0.114. The van der Waals surface area contributed by atoms with Crippen LogP contribution in [0.2, 0.25) is 0 Å². The van der Waals surface area contributed by atoms with Gasteiger partial charge in [-0.2, -0.15) is 5.10 Å². The summed E-state index contributed by atoms with van der Waals surface area (Å²) in [5, 5.41) is 4.08. The molecule has 0 fully saturated rings. The number of hydrazone groups is 1. The van der Waals surface area contributed by atoms with E-state index in [0.717, 1.165) is 36.5 Å². The summed E-state index contributed by atoms with van der Waals surface area (Å²) < 4.78 is 11.6. The number of nitrogens with one attached hydrogen (secondary N) is 1. The van der Waals surface area contributed by atoms with Gasteiger partial charge < -0.3 is 9.47 Å². The molecule has 0 aliphatic heterocycles. The molecule has 2 aromatic carbocycles. The molecule has 5 nitrogen and oxygen atoms in total. The maximum atomic E-state index is 12.4. The van der Waals surface area contributed by atoms with Crippen LogP contribution < -0.4 is 14.9 Å². The van der Waals surface area contributed by atoms with Crippen LogP contribution in [0.3, 0.4) is 0 Å². The lowest BCUT2D eigenvalue weighted by Crippen LogP contribution is -2.17. The van der Waals surface area contributed by atoms with Gasteiger partial charge in [-0.15, -0.1) is 0 Å². The van der Waals surface area contributed by atoms with Crippen molar-refractivity contribution in [1.82, 2.24) is 5.43 Å². The first kappa shape index (κ1) is 29.4. The lowest BCUT2D eigenvalue weighted by molar-refractivity contribution is 0.0955. The fraction of sp³-hybridized carbons (Fsp3) is 0.548. The number of rotatable bonds is 20. The molecule has 0 heterocycles. The highest BCUT2D eigenvalue weighted by atomic mass is 16.5. The molecule has 0 aliphatic carbocycles. The molecule has 0 bridgehead atoms. The largest absolute Gasteiger partial charge is 0.494 e. The molecule has 0 unspecified atom stereocenters. The zero-order valence-electron chi connectivity index (χ0n) is 22.5. The Hall–Kier alpha value is -2.82. The van der Waals surface area contributed by atoms with Crippen molar-refractivity contribution in [1.29, 1.82) is 0 Å². The highest BCUT2D eigenvalue weighted by molar-refractivity contribution is 5.95. The summed E-state index contributed by atoms with van der Waals surface area (Å²) in [7, 11) is 0. The molecule has 0 spiro atoms. The summed E-state index contributed by atoms with van der Waals surface area (Å²) in [6.45, 7) is 5.93. The van der Waals surface area contributed by atoms with E-state index in [1.54, 1.807) is 18.3 Å². The Morgan fingerprint density at radius 3 is 1.61 bits per heavy atom. The minimum atomic E-state index is -0.246. The van der Waals surface area contributed by atoms with Crippen LogP contribution in [0, 0.1) is 0 Å². The number of hydrogen-bond donors (Lipinski definition) is 1. The van der Waals surface area contributed by atoms with Crippen molar-refractivity contribution in [3.05, 3.63) is 59.7 Å². The molecule has 0 radical (unpaired) electrons. The molecular weight excluding hydrogens is 448 g/mol. The molecule has 36 heavy (non-hydrogen) atoms. The maximum Gasteiger partial charge on any atom is 0.271 e. The molecule has 0 saturated heterocycles. The maximum absolute atomic E-state index is 12.4. The van der Waals surface area contributed by atoms with Gasteiger partial charge in [-0.05, 0) is 66.9 Å². The van der Waals surface area contributed by atoms with Crippen molar-refractivity contribution in [3.63, 3.8) is 0 Å². The van der Waals surface area contributed by atoms with Crippen LogP contribution in [-0.2, 0) is 0 Å². The van der Waals surface area contributed by atoms with Crippen LogP contribution in [0.1, 0.15) is 113 Å². The van der Waals surface area contributed by atoms with Crippen molar-refractivity contribution in [2.75, 3.05) is 13.2 Å². The topological polar surface area (TPSA) is 59.9 Å². The van der Waals surface area contributed by atoms with E-state index < -0.39 is 0 Å². The van der Waals surface area contributed by atoms with E-state index in [1.807, 2.05) is 36.4 Å². The van der Waals surface area contributed by atoms with Crippen LogP contribution in [0.5, 0.6) is 11.5 Å². The Bertz CT molecular complexity index is 847. The smallest absolute Gasteiger partial charge is 0.271 e. The van der Waals surface area contributed by atoms with E-state index in [1.165, 1.54) is 70.6 Å². The van der Waals surface area contributed by atoms with Crippen molar-refractivity contribution >= 4 is 12.1 Å². The number of carbonyl (C=O) groups is 1. The molecule has 0 atom stereocenters. The third-order valence-electron chi connectivity index (χ3n) is 6.16. The lowest BCUT2D eigenvalue weighted by Gasteiger charge is -2.07. The van der Waals surface area contributed by atoms with E-state index >= 15 is 0 Å². The predicted octanol–water partition coefficient (Wildman–Crippen LogP) is 8.32. The minimum absolute atomic E-state index is 0.246. The van der Waals surface area contributed by atoms with E-state index in [0.29, 0.717) is 12.2 Å². The van der Waals surface area contributed by atoms with Gasteiger partial charge in [0.1, 0.15) is 11.5 Å². The first-order chi connectivity index (χ1) is 17.7. The van der Waals surface area contributed by atoms with E-state index in [9.17, 15) is 4.79 Å². The SMILES string of the molecule is CCCCCCCCCCOc1ccc(C(=O)N/N=C/c2ccc(OCCCCCCC)cc2)cc1. The first-order valence-electron chi connectivity index (χ1n) is 14.0. The van der Waals surface area contributed by atoms with E-state index in [4.69, 9.17) is 9.47 Å². The highest BCUT2D eigenvalue weighted by Gasteiger charge is 2.04. The molecule has 198 valence electrons. The normalized spacial score (nSPS) is 11.1. The lowest BCUT2D eigenvalue weighted by atomic mass is 10.1. The second-order valence-electron chi connectivity index (χ2n) is 9.38. The number of ether oxygens (including phenoxy) is 2. The zero-order valence-corrected chi connectivity index (χ0v) is 22.5. The summed E-state index contributed by atoms with van der Waals surface area (Å²) >= 11 is 0. The van der Waals surface area contributed by atoms with Gasteiger partial charge in [-0.3, -0.25) is 4.79 Å². The molecule has 0 aliphatic rings. The highest BCUT2D eigenvalue weighted by Crippen LogP contribution is 2.15. The first-order valence-corrected chi connectivity index (χ1v) is 14.0. The van der Waals surface area contributed by atoms with Crippen molar-refractivity contribution in [2.24, 2.45) is 5.10 Å². The number of amides is 1. The Balaban J connectivity index is 1.61. The van der Waals surface area contributed by atoms with Crippen molar-refractivity contribution in [3.8, 4) is 11.5 Å². The average molecular weight is 495 g/mol. The Kier molecular flexibility index (Phi) is 15.8. The fourth-order valence-corrected chi connectivity index (χ4v) is 3.90. The van der Waals surface area contributed by atoms with Crippen LogP contribution in [0.15, 0.2) is 53.6 Å². The van der Waals surface area contributed by atoms with Crippen LogP contribution >= 0.6 is 0 Å².